The predicted octanol–water partition coefficient (Wildman–Crippen LogP) is 5.53. The second-order valence-electron chi connectivity index (χ2n) is 5.94. The van der Waals surface area contributed by atoms with Crippen LogP contribution in [0.3, 0.4) is 0 Å². The Bertz CT molecular complexity index is 761. The van der Waals surface area contributed by atoms with E-state index in [1.807, 2.05) is 0 Å². The summed E-state index contributed by atoms with van der Waals surface area (Å²) in [6, 6.07) is 21.3. The highest BCUT2D eigenvalue weighted by Gasteiger charge is 2.10. The number of nitrogen functional groups attached to an aromatic ring is 1. The van der Waals surface area contributed by atoms with E-state index in [1.54, 1.807) is 0 Å². The molecule has 0 aliphatic heterocycles. The molecule has 0 radical (unpaired) electrons. The van der Waals surface area contributed by atoms with Crippen LogP contribution < -0.4 is 5.73 Å². The first kappa shape index (κ1) is 14.4. The third kappa shape index (κ3) is 2.62. The van der Waals surface area contributed by atoms with Crippen LogP contribution in [0.1, 0.15) is 16.7 Å². The Morgan fingerprint density at radius 3 is 1.68 bits per heavy atom. The molecule has 0 spiro atoms. The van der Waals surface area contributed by atoms with Crippen molar-refractivity contribution >= 4 is 5.69 Å². The van der Waals surface area contributed by atoms with Gasteiger partial charge in [-0.15, -0.1) is 0 Å². The average Bonchev–Trinajstić information content (AvgIpc) is 2.50. The Hall–Kier alpha value is -2.54. The second kappa shape index (κ2) is 5.69. The molecule has 3 aromatic rings. The molecule has 0 amide bonds. The van der Waals surface area contributed by atoms with E-state index in [0.717, 1.165) is 16.8 Å². The molecule has 1 heteroatoms. The largest absolute Gasteiger partial charge is 0.398 e. The molecule has 22 heavy (non-hydrogen) atoms. The van der Waals surface area contributed by atoms with Crippen LogP contribution in [-0.2, 0) is 0 Å². The van der Waals surface area contributed by atoms with Gasteiger partial charge in [0.2, 0.25) is 0 Å². The molecule has 1 nitrogen and oxygen atoms in total. The molecule has 0 saturated heterocycles. The minimum atomic E-state index is 0.865. The van der Waals surface area contributed by atoms with Crippen LogP contribution in [-0.4, -0.2) is 0 Å². The van der Waals surface area contributed by atoms with E-state index in [2.05, 4.69) is 81.4 Å². The molecule has 0 heterocycles. The van der Waals surface area contributed by atoms with E-state index in [4.69, 9.17) is 5.73 Å². The van der Waals surface area contributed by atoms with Gasteiger partial charge < -0.3 is 5.73 Å². The van der Waals surface area contributed by atoms with Crippen molar-refractivity contribution in [1.29, 1.82) is 0 Å². The Morgan fingerprint density at radius 2 is 1.14 bits per heavy atom. The fourth-order valence-corrected chi connectivity index (χ4v) is 2.92. The second-order valence-corrected chi connectivity index (χ2v) is 5.94. The van der Waals surface area contributed by atoms with Crippen LogP contribution in [0.5, 0.6) is 0 Å². The topological polar surface area (TPSA) is 26.0 Å². The first-order valence-electron chi connectivity index (χ1n) is 7.59. The fourth-order valence-electron chi connectivity index (χ4n) is 2.92. The van der Waals surface area contributed by atoms with Crippen LogP contribution in [0.4, 0.5) is 5.69 Å². The minimum absolute atomic E-state index is 0.865. The van der Waals surface area contributed by atoms with Gasteiger partial charge in [0, 0.05) is 11.3 Å². The SMILES string of the molecule is Cc1cccc(-c2ccc(-c3cccc(C)c3)c(N)c2C)c1. The zero-order valence-corrected chi connectivity index (χ0v) is 13.4. The Morgan fingerprint density at radius 1 is 0.636 bits per heavy atom. The average molecular weight is 287 g/mol. The lowest BCUT2D eigenvalue weighted by atomic mass is 9.92. The molecule has 110 valence electrons. The highest BCUT2D eigenvalue weighted by molar-refractivity contribution is 5.85. The summed E-state index contributed by atoms with van der Waals surface area (Å²) in [5, 5.41) is 0. The number of anilines is 1. The normalized spacial score (nSPS) is 10.7. The van der Waals surface area contributed by atoms with Crippen LogP contribution in [0.25, 0.3) is 22.3 Å². The third-order valence-corrected chi connectivity index (χ3v) is 4.17. The summed E-state index contributed by atoms with van der Waals surface area (Å²) in [6.07, 6.45) is 0. The molecule has 3 rings (SSSR count). The molecule has 0 atom stereocenters. The summed E-state index contributed by atoms with van der Waals surface area (Å²) >= 11 is 0. The molecule has 0 aromatic heterocycles. The van der Waals surface area contributed by atoms with Crippen molar-refractivity contribution in [2.24, 2.45) is 0 Å². The summed E-state index contributed by atoms with van der Waals surface area (Å²) in [5.74, 6) is 0. The Balaban J connectivity index is 2.13. The van der Waals surface area contributed by atoms with Gasteiger partial charge in [0.25, 0.3) is 0 Å². The monoisotopic (exact) mass is 287 g/mol. The maximum absolute atomic E-state index is 6.44. The van der Waals surface area contributed by atoms with Gasteiger partial charge in [-0.2, -0.15) is 0 Å². The van der Waals surface area contributed by atoms with E-state index >= 15 is 0 Å². The molecule has 0 fully saturated rings. The fraction of sp³-hybridized carbons (Fsp3) is 0.143. The summed E-state index contributed by atoms with van der Waals surface area (Å²) in [5.41, 5.74) is 15.7. The van der Waals surface area contributed by atoms with Crippen molar-refractivity contribution in [2.75, 3.05) is 5.73 Å². The summed E-state index contributed by atoms with van der Waals surface area (Å²) in [6.45, 7) is 6.32. The number of hydrogen-bond acceptors (Lipinski definition) is 1. The molecular weight excluding hydrogens is 266 g/mol. The lowest BCUT2D eigenvalue weighted by Crippen LogP contribution is -1.96. The first-order valence-corrected chi connectivity index (χ1v) is 7.59. The highest BCUT2D eigenvalue weighted by atomic mass is 14.6. The lowest BCUT2D eigenvalue weighted by Gasteiger charge is -2.14. The number of benzene rings is 3. The van der Waals surface area contributed by atoms with Crippen LogP contribution in [0.2, 0.25) is 0 Å². The molecule has 0 aliphatic carbocycles. The van der Waals surface area contributed by atoms with Crippen LogP contribution >= 0.6 is 0 Å². The van der Waals surface area contributed by atoms with E-state index in [1.165, 1.54) is 27.8 Å². The zero-order chi connectivity index (χ0) is 15.7. The van der Waals surface area contributed by atoms with Crippen molar-refractivity contribution in [2.45, 2.75) is 20.8 Å². The first-order chi connectivity index (χ1) is 10.6. The lowest BCUT2D eigenvalue weighted by molar-refractivity contribution is 1.42. The van der Waals surface area contributed by atoms with Gasteiger partial charge in [-0.05, 0) is 43.0 Å². The quantitative estimate of drug-likeness (QED) is 0.616. The van der Waals surface area contributed by atoms with Crippen molar-refractivity contribution in [3.63, 3.8) is 0 Å². The van der Waals surface area contributed by atoms with Gasteiger partial charge in [-0.25, -0.2) is 0 Å². The van der Waals surface area contributed by atoms with Gasteiger partial charge in [0.1, 0.15) is 0 Å². The van der Waals surface area contributed by atoms with Crippen LogP contribution in [0, 0.1) is 20.8 Å². The van der Waals surface area contributed by atoms with Crippen molar-refractivity contribution < 1.29 is 0 Å². The molecular formula is C21H21N. The van der Waals surface area contributed by atoms with Gasteiger partial charge in [-0.3, -0.25) is 0 Å². The molecule has 0 unspecified atom stereocenters. The maximum Gasteiger partial charge on any atom is 0.0429 e. The minimum Gasteiger partial charge on any atom is -0.398 e. The molecule has 2 N–H and O–H groups in total. The third-order valence-electron chi connectivity index (χ3n) is 4.17. The van der Waals surface area contributed by atoms with Crippen molar-refractivity contribution in [3.05, 3.63) is 77.4 Å². The van der Waals surface area contributed by atoms with Gasteiger partial charge in [0.15, 0.2) is 0 Å². The number of aryl methyl sites for hydroxylation is 2. The maximum atomic E-state index is 6.44. The molecule has 0 saturated carbocycles. The molecule has 3 aromatic carbocycles. The molecule has 0 aliphatic rings. The highest BCUT2D eigenvalue weighted by Crippen LogP contribution is 2.35. The molecule has 0 bridgehead atoms. The predicted molar refractivity (Wildman–Crippen MR) is 95.9 cm³/mol. The van der Waals surface area contributed by atoms with E-state index in [-0.39, 0.29) is 0 Å². The van der Waals surface area contributed by atoms with E-state index in [9.17, 15) is 0 Å². The standard InChI is InChI=1S/C21H21N/c1-14-6-4-8-17(12-14)19-10-11-20(21(22)16(19)3)18-9-5-7-15(2)13-18/h4-13H,22H2,1-3H3. The Kier molecular flexibility index (Phi) is 3.72. The van der Waals surface area contributed by atoms with Crippen LogP contribution in [0.15, 0.2) is 60.7 Å². The number of hydrogen-bond donors (Lipinski definition) is 1. The smallest absolute Gasteiger partial charge is 0.0429 e. The van der Waals surface area contributed by atoms with Crippen molar-refractivity contribution in [1.82, 2.24) is 0 Å². The summed E-state index contributed by atoms with van der Waals surface area (Å²) < 4.78 is 0. The van der Waals surface area contributed by atoms with E-state index in [0.29, 0.717) is 0 Å². The van der Waals surface area contributed by atoms with Gasteiger partial charge >= 0.3 is 0 Å². The van der Waals surface area contributed by atoms with E-state index < -0.39 is 0 Å². The van der Waals surface area contributed by atoms with Gasteiger partial charge in [-0.1, -0.05) is 71.8 Å². The number of nitrogens with two attached hydrogens (primary N) is 1. The van der Waals surface area contributed by atoms with Crippen molar-refractivity contribution in [3.8, 4) is 22.3 Å². The number of rotatable bonds is 2. The van der Waals surface area contributed by atoms with Gasteiger partial charge in [0.05, 0.1) is 0 Å². The summed E-state index contributed by atoms with van der Waals surface area (Å²) in [4.78, 5) is 0. The summed E-state index contributed by atoms with van der Waals surface area (Å²) in [7, 11) is 0. The zero-order valence-electron chi connectivity index (χ0n) is 13.4. The Labute approximate surface area is 132 Å².